The lowest BCUT2D eigenvalue weighted by Crippen LogP contribution is -2.36. The number of aromatic nitrogens is 3. The molecule has 1 atom stereocenters. The molecule has 1 aliphatic heterocycles. The van der Waals surface area contributed by atoms with Gasteiger partial charge < -0.3 is 5.32 Å². The van der Waals surface area contributed by atoms with Crippen LogP contribution in [0, 0.1) is 15.5 Å². The number of ketones is 1. The number of nitro benzene ring substituents is 1. The monoisotopic (exact) mass is 399 g/mol. The molecule has 146 valence electrons. The van der Waals surface area contributed by atoms with Gasteiger partial charge in [-0.05, 0) is 23.7 Å². The lowest BCUT2D eigenvalue weighted by atomic mass is 9.73. The SMILES string of the molecule is CCSc1nc2n(n1)C(c1ccccc1[N+](=O)[O-])C1=C(CC(C)(C)CC1=O)N2. The molecule has 2 aliphatic rings. The first-order valence-corrected chi connectivity index (χ1v) is 10.1. The first-order valence-electron chi connectivity index (χ1n) is 9.16. The second-order valence-electron chi connectivity index (χ2n) is 7.77. The number of Topliss-reactive ketones (excluding diaryl/α,β-unsaturated/α-hetero) is 1. The summed E-state index contributed by atoms with van der Waals surface area (Å²) in [7, 11) is 0. The summed E-state index contributed by atoms with van der Waals surface area (Å²) < 4.78 is 1.62. The molecule has 0 amide bonds. The molecule has 0 radical (unpaired) electrons. The van der Waals surface area contributed by atoms with Crippen LogP contribution in [0.1, 0.15) is 45.2 Å². The van der Waals surface area contributed by atoms with E-state index in [1.54, 1.807) is 22.9 Å². The number of carbonyl (C=O) groups is 1. The minimum atomic E-state index is -0.657. The summed E-state index contributed by atoms with van der Waals surface area (Å²) in [5.41, 5.74) is 1.59. The zero-order chi connectivity index (χ0) is 20.1. The number of fused-ring (bicyclic) bond motifs is 1. The Morgan fingerprint density at radius 3 is 2.82 bits per heavy atom. The van der Waals surface area contributed by atoms with Crippen LogP contribution in [0.2, 0.25) is 0 Å². The number of benzene rings is 1. The number of anilines is 1. The topological polar surface area (TPSA) is 103 Å². The normalized spacial score (nSPS) is 20.4. The number of para-hydroxylation sites is 1. The summed E-state index contributed by atoms with van der Waals surface area (Å²) in [6.07, 6.45) is 1.07. The van der Waals surface area contributed by atoms with Crippen molar-refractivity contribution in [3.8, 4) is 0 Å². The summed E-state index contributed by atoms with van der Waals surface area (Å²) in [5, 5.41) is 20.1. The third kappa shape index (κ3) is 3.09. The van der Waals surface area contributed by atoms with Gasteiger partial charge in [0.15, 0.2) is 5.78 Å². The van der Waals surface area contributed by atoms with Crippen molar-refractivity contribution >= 4 is 29.2 Å². The Labute approximate surface area is 166 Å². The zero-order valence-electron chi connectivity index (χ0n) is 15.9. The van der Waals surface area contributed by atoms with Crippen molar-refractivity contribution in [2.24, 2.45) is 5.41 Å². The number of thioether (sulfide) groups is 1. The van der Waals surface area contributed by atoms with Crippen LogP contribution in [-0.4, -0.2) is 31.2 Å². The van der Waals surface area contributed by atoms with Gasteiger partial charge in [0.05, 0.1) is 10.5 Å². The Balaban J connectivity index is 1.94. The molecule has 0 saturated carbocycles. The second-order valence-corrected chi connectivity index (χ2v) is 9.00. The molecule has 9 heteroatoms. The highest BCUT2D eigenvalue weighted by atomic mass is 32.2. The molecule has 2 heterocycles. The lowest BCUT2D eigenvalue weighted by molar-refractivity contribution is -0.385. The fraction of sp³-hybridized carbons (Fsp3) is 0.421. The minimum absolute atomic E-state index is 0.00672. The molecule has 1 aliphatic carbocycles. The van der Waals surface area contributed by atoms with Gasteiger partial charge in [-0.1, -0.05) is 44.7 Å². The van der Waals surface area contributed by atoms with Gasteiger partial charge >= 0.3 is 0 Å². The van der Waals surface area contributed by atoms with Crippen LogP contribution < -0.4 is 5.32 Å². The van der Waals surface area contributed by atoms with Crippen LogP contribution in [0.3, 0.4) is 0 Å². The van der Waals surface area contributed by atoms with Crippen LogP contribution in [0.4, 0.5) is 11.6 Å². The van der Waals surface area contributed by atoms with Gasteiger partial charge in [0.1, 0.15) is 6.04 Å². The maximum absolute atomic E-state index is 13.1. The van der Waals surface area contributed by atoms with Crippen molar-refractivity contribution in [2.75, 3.05) is 11.1 Å². The zero-order valence-corrected chi connectivity index (χ0v) is 16.7. The molecule has 4 rings (SSSR count). The maximum atomic E-state index is 13.1. The Morgan fingerprint density at radius 1 is 1.36 bits per heavy atom. The molecule has 28 heavy (non-hydrogen) atoms. The van der Waals surface area contributed by atoms with Gasteiger partial charge in [-0.15, -0.1) is 5.10 Å². The molecule has 1 aromatic heterocycles. The average molecular weight is 399 g/mol. The van der Waals surface area contributed by atoms with Gasteiger partial charge in [0.2, 0.25) is 11.1 Å². The Hall–Kier alpha value is -2.68. The fourth-order valence-electron chi connectivity index (χ4n) is 3.95. The summed E-state index contributed by atoms with van der Waals surface area (Å²) in [6, 6.07) is 5.89. The summed E-state index contributed by atoms with van der Waals surface area (Å²) >= 11 is 1.49. The van der Waals surface area contributed by atoms with Gasteiger partial charge in [0.25, 0.3) is 5.69 Å². The summed E-state index contributed by atoms with van der Waals surface area (Å²) in [5.74, 6) is 1.31. The molecule has 8 nitrogen and oxygen atoms in total. The smallest absolute Gasteiger partial charge is 0.275 e. The molecule has 2 aromatic rings. The quantitative estimate of drug-likeness (QED) is 0.471. The summed E-state index contributed by atoms with van der Waals surface area (Å²) in [4.78, 5) is 28.9. The van der Waals surface area contributed by atoms with Crippen molar-refractivity contribution in [3.63, 3.8) is 0 Å². The van der Waals surface area contributed by atoms with Crippen LogP contribution in [0.5, 0.6) is 0 Å². The lowest BCUT2D eigenvalue weighted by Gasteiger charge is -2.38. The first-order chi connectivity index (χ1) is 13.3. The van der Waals surface area contributed by atoms with E-state index in [-0.39, 0.29) is 16.9 Å². The molecule has 1 aromatic carbocycles. The molecular weight excluding hydrogens is 378 g/mol. The third-order valence-electron chi connectivity index (χ3n) is 5.01. The van der Waals surface area contributed by atoms with Crippen molar-refractivity contribution < 1.29 is 9.72 Å². The van der Waals surface area contributed by atoms with Crippen LogP contribution in [0.15, 0.2) is 40.7 Å². The van der Waals surface area contributed by atoms with E-state index in [2.05, 4.69) is 15.4 Å². The highest BCUT2D eigenvalue weighted by Crippen LogP contribution is 2.47. The maximum Gasteiger partial charge on any atom is 0.275 e. The largest absolute Gasteiger partial charge is 0.328 e. The van der Waals surface area contributed by atoms with Crippen molar-refractivity contribution in [3.05, 3.63) is 51.2 Å². The molecule has 0 fully saturated rings. The Morgan fingerprint density at radius 2 is 2.11 bits per heavy atom. The van der Waals surface area contributed by atoms with E-state index in [0.717, 1.165) is 11.4 Å². The molecule has 1 unspecified atom stereocenters. The predicted molar refractivity (Wildman–Crippen MR) is 106 cm³/mol. The van der Waals surface area contributed by atoms with Crippen LogP contribution in [-0.2, 0) is 4.79 Å². The summed E-state index contributed by atoms with van der Waals surface area (Å²) in [6.45, 7) is 6.11. The van der Waals surface area contributed by atoms with E-state index in [9.17, 15) is 14.9 Å². The standard InChI is InChI=1S/C19H21N5O3S/c1-4-28-18-21-17-20-12-9-19(2,3)10-14(25)15(12)16(23(17)22-18)11-7-5-6-8-13(11)24(26)27/h5-8,16H,4,9-10H2,1-3H3,(H,20,21,22). The molecular formula is C19H21N5O3S. The van der Waals surface area contributed by atoms with E-state index in [1.165, 1.54) is 17.8 Å². The number of nitro groups is 1. The molecule has 0 spiro atoms. The fourth-order valence-corrected chi connectivity index (χ4v) is 4.51. The van der Waals surface area contributed by atoms with Gasteiger partial charge in [-0.25, -0.2) is 4.68 Å². The van der Waals surface area contributed by atoms with Gasteiger partial charge in [-0.2, -0.15) is 4.98 Å². The number of hydrogen-bond acceptors (Lipinski definition) is 7. The van der Waals surface area contributed by atoms with Crippen molar-refractivity contribution in [2.45, 2.75) is 44.8 Å². The predicted octanol–water partition coefficient (Wildman–Crippen LogP) is 3.96. The second kappa shape index (κ2) is 6.73. The highest BCUT2D eigenvalue weighted by molar-refractivity contribution is 7.99. The van der Waals surface area contributed by atoms with E-state index >= 15 is 0 Å². The van der Waals surface area contributed by atoms with E-state index in [0.29, 0.717) is 35.1 Å². The number of nitrogens with zero attached hydrogens (tertiary/aromatic N) is 4. The number of nitrogens with one attached hydrogen (secondary N) is 1. The number of rotatable bonds is 4. The minimum Gasteiger partial charge on any atom is -0.328 e. The van der Waals surface area contributed by atoms with Crippen molar-refractivity contribution in [1.29, 1.82) is 0 Å². The van der Waals surface area contributed by atoms with Crippen molar-refractivity contribution in [1.82, 2.24) is 14.8 Å². The van der Waals surface area contributed by atoms with E-state index in [1.807, 2.05) is 20.8 Å². The number of hydrogen-bond donors (Lipinski definition) is 1. The van der Waals surface area contributed by atoms with Gasteiger partial charge in [0, 0.05) is 23.8 Å². The average Bonchev–Trinajstić information content (AvgIpc) is 3.01. The Bertz CT molecular complexity index is 1010. The number of allylic oxidation sites excluding steroid dienone is 2. The molecule has 0 bridgehead atoms. The van der Waals surface area contributed by atoms with E-state index in [4.69, 9.17) is 0 Å². The highest BCUT2D eigenvalue weighted by Gasteiger charge is 2.43. The number of carbonyl (C=O) groups excluding carboxylic acids is 1. The first kappa shape index (κ1) is 18.7. The Kier molecular flexibility index (Phi) is 4.49. The molecule has 1 N–H and O–H groups in total. The van der Waals surface area contributed by atoms with E-state index < -0.39 is 11.0 Å². The van der Waals surface area contributed by atoms with Crippen LogP contribution >= 0.6 is 11.8 Å². The molecule has 0 saturated heterocycles. The van der Waals surface area contributed by atoms with Crippen LogP contribution in [0.25, 0.3) is 0 Å². The van der Waals surface area contributed by atoms with Gasteiger partial charge in [-0.3, -0.25) is 14.9 Å². The third-order valence-corrected chi connectivity index (χ3v) is 5.73.